The van der Waals surface area contributed by atoms with E-state index >= 15 is 0 Å². The zero-order valence-corrected chi connectivity index (χ0v) is 19.6. The number of non-ortho nitro benzene ring substituents is 1. The number of ether oxygens (including phenoxy) is 3. The second-order valence-electron chi connectivity index (χ2n) is 7.12. The number of nitrogens with one attached hydrogen (secondary N) is 1. The lowest BCUT2D eigenvalue weighted by Crippen LogP contribution is -2.19. The first kappa shape index (κ1) is 24.6. The third kappa shape index (κ3) is 4.83. The van der Waals surface area contributed by atoms with Crippen LogP contribution in [-0.2, 0) is 0 Å². The summed E-state index contributed by atoms with van der Waals surface area (Å²) in [6.45, 7) is 0. The van der Waals surface area contributed by atoms with Crippen molar-refractivity contribution in [2.24, 2.45) is 5.10 Å². The third-order valence-corrected chi connectivity index (χ3v) is 5.04. The number of methoxy groups -OCH3 is 3. The van der Waals surface area contributed by atoms with Crippen LogP contribution < -0.4 is 25.4 Å². The van der Waals surface area contributed by atoms with Gasteiger partial charge in [0.25, 0.3) is 11.6 Å². The standard InChI is InChI=1S/C21H19N9O7/c1-34-14-9-16(36-3)15(35-2)8-12(14)10-23-25-21(31)17-18(11-4-6-13(7-5-11)30(32)33)29(28-24-17)20-19(22)26-37-27-20/h4-10H,1-3H3,(H2,22,26)(H,25,31)/b23-10-. The first-order chi connectivity index (χ1) is 17.9. The topological polar surface area (TPSA) is 208 Å². The Morgan fingerprint density at radius 3 is 2.38 bits per heavy atom. The lowest BCUT2D eigenvalue weighted by Gasteiger charge is -2.11. The summed E-state index contributed by atoms with van der Waals surface area (Å²) < 4.78 is 21.6. The molecule has 0 saturated carbocycles. The number of hydrogen-bond acceptors (Lipinski definition) is 13. The molecule has 0 bridgehead atoms. The lowest BCUT2D eigenvalue weighted by molar-refractivity contribution is -0.384. The molecule has 4 rings (SSSR count). The molecular weight excluding hydrogens is 490 g/mol. The molecule has 0 fully saturated rings. The Balaban J connectivity index is 1.68. The molecule has 1 amide bonds. The Bertz CT molecular complexity index is 1480. The highest BCUT2D eigenvalue weighted by molar-refractivity contribution is 5.99. The summed E-state index contributed by atoms with van der Waals surface area (Å²) in [6.07, 6.45) is 1.34. The van der Waals surface area contributed by atoms with Crippen molar-refractivity contribution >= 4 is 23.6 Å². The van der Waals surface area contributed by atoms with Gasteiger partial charge in [-0.25, -0.2) is 10.1 Å². The highest BCUT2D eigenvalue weighted by Gasteiger charge is 2.25. The summed E-state index contributed by atoms with van der Waals surface area (Å²) in [5.41, 5.74) is 8.79. The second-order valence-corrected chi connectivity index (χ2v) is 7.12. The van der Waals surface area contributed by atoms with E-state index in [-0.39, 0.29) is 28.7 Å². The highest BCUT2D eigenvalue weighted by Crippen LogP contribution is 2.34. The van der Waals surface area contributed by atoms with E-state index in [9.17, 15) is 14.9 Å². The summed E-state index contributed by atoms with van der Waals surface area (Å²) >= 11 is 0. The predicted octanol–water partition coefficient (Wildman–Crippen LogP) is 1.60. The monoisotopic (exact) mass is 509 g/mol. The molecule has 2 heterocycles. The SMILES string of the molecule is COc1cc(OC)c(OC)cc1/C=N\NC(=O)c1nnn(-c2nonc2N)c1-c1ccc([N+](=O)[O-])cc1. The van der Waals surface area contributed by atoms with E-state index in [0.717, 1.165) is 4.68 Å². The van der Waals surface area contributed by atoms with Crippen molar-refractivity contribution in [2.45, 2.75) is 0 Å². The Morgan fingerprint density at radius 1 is 1.11 bits per heavy atom. The zero-order chi connectivity index (χ0) is 26.5. The second kappa shape index (κ2) is 10.4. The van der Waals surface area contributed by atoms with Gasteiger partial charge in [-0.1, -0.05) is 5.21 Å². The van der Waals surface area contributed by atoms with Crippen LogP contribution in [0, 0.1) is 10.1 Å². The molecule has 16 nitrogen and oxygen atoms in total. The minimum Gasteiger partial charge on any atom is -0.496 e. The van der Waals surface area contributed by atoms with Gasteiger partial charge in [0.1, 0.15) is 11.4 Å². The molecule has 0 aliphatic heterocycles. The molecule has 0 atom stereocenters. The van der Waals surface area contributed by atoms with Crippen LogP contribution in [0.15, 0.2) is 46.1 Å². The number of nitro benzene ring substituents is 1. The van der Waals surface area contributed by atoms with E-state index in [1.165, 1.54) is 51.8 Å². The fourth-order valence-electron chi connectivity index (χ4n) is 3.29. The van der Waals surface area contributed by atoms with Gasteiger partial charge in [-0.05, 0) is 28.5 Å². The number of hydrogen-bond donors (Lipinski definition) is 2. The minimum absolute atomic E-state index is 0.0292. The average Bonchev–Trinajstić information content (AvgIpc) is 3.54. The fourth-order valence-corrected chi connectivity index (χ4v) is 3.29. The highest BCUT2D eigenvalue weighted by atomic mass is 16.6. The van der Waals surface area contributed by atoms with Crippen molar-refractivity contribution in [2.75, 3.05) is 27.1 Å². The van der Waals surface area contributed by atoms with Gasteiger partial charge >= 0.3 is 0 Å². The molecule has 0 radical (unpaired) electrons. The first-order valence-corrected chi connectivity index (χ1v) is 10.3. The number of carbonyl (C=O) groups is 1. The Kier molecular flexibility index (Phi) is 6.90. The van der Waals surface area contributed by atoms with Crippen LogP contribution >= 0.6 is 0 Å². The molecule has 0 aliphatic carbocycles. The van der Waals surface area contributed by atoms with Crippen LogP contribution in [-0.4, -0.2) is 63.7 Å². The summed E-state index contributed by atoms with van der Waals surface area (Å²) in [5.74, 6) is 0.411. The van der Waals surface area contributed by atoms with Crippen molar-refractivity contribution in [3.8, 4) is 34.3 Å². The summed E-state index contributed by atoms with van der Waals surface area (Å²) in [4.78, 5) is 23.5. The van der Waals surface area contributed by atoms with Gasteiger partial charge in [0.15, 0.2) is 17.2 Å². The number of amides is 1. The van der Waals surface area contributed by atoms with Crippen LogP contribution in [0.5, 0.6) is 17.2 Å². The summed E-state index contributed by atoms with van der Waals surface area (Å²) in [7, 11) is 4.44. The van der Waals surface area contributed by atoms with Crippen LogP contribution in [0.1, 0.15) is 16.1 Å². The molecule has 16 heteroatoms. The molecule has 190 valence electrons. The molecule has 2 aromatic heterocycles. The molecular formula is C21H19N9O7. The normalized spacial score (nSPS) is 10.9. The summed E-state index contributed by atoms with van der Waals surface area (Å²) in [6, 6.07) is 8.60. The third-order valence-electron chi connectivity index (χ3n) is 5.04. The zero-order valence-electron chi connectivity index (χ0n) is 19.6. The van der Waals surface area contributed by atoms with Crippen LogP contribution in [0.3, 0.4) is 0 Å². The van der Waals surface area contributed by atoms with Gasteiger partial charge in [0.05, 0.1) is 32.5 Å². The van der Waals surface area contributed by atoms with Gasteiger partial charge in [-0.2, -0.15) is 9.78 Å². The Labute approximate surface area is 207 Å². The molecule has 0 spiro atoms. The number of benzene rings is 2. The van der Waals surface area contributed by atoms with Crippen molar-refractivity contribution in [1.29, 1.82) is 0 Å². The molecule has 2 aromatic carbocycles. The van der Waals surface area contributed by atoms with Crippen LogP contribution in [0.25, 0.3) is 17.1 Å². The average molecular weight is 509 g/mol. The van der Waals surface area contributed by atoms with Crippen molar-refractivity contribution in [1.82, 2.24) is 30.7 Å². The predicted molar refractivity (Wildman–Crippen MR) is 127 cm³/mol. The number of anilines is 1. The number of hydrazone groups is 1. The number of nitrogen functional groups attached to an aromatic ring is 1. The van der Waals surface area contributed by atoms with Crippen molar-refractivity contribution in [3.05, 3.63) is 57.8 Å². The number of rotatable bonds is 9. The van der Waals surface area contributed by atoms with Gasteiger partial charge in [0.2, 0.25) is 11.6 Å². The largest absolute Gasteiger partial charge is 0.496 e. The van der Waals surface area contributed by atoms with E-state index in [1.54, 1.807) is 12.1 Å². The van der Waals surface area contributed by atoms with Gasteiger partial charge in [-0.15, -0.1) is 5.10 Å². The van der Waals surface area contributed by atoms with Crippen LogP contribution in [0.4, 0.5) is 11.5 Å². The van der Waals surface area contributed by atoms with Crippen molar-refractivity contribution in [3.63, 3.8) is 0 Å². The van der Waals surface area contributed by atoms with Gasteiger partial charge < -0.3 is 19.9 Å². The first-order valence-electron chi connectivity index (χ1n) is 10.3. The molecule has 4 aromatic rings. The van der Waals surface area contributed by atoms with E-state index in [4.69, 9.17) is 19.9 Å². The minimum atomic E-state index is -0.745. The summed E-state index contributed by atoms with van der Waals surface area (Å²) in [5, 5.41) is 30.1. The van der Waals surface area contributed by atoms with E-state index < -0.39 is 10.8 Å². The maximum Gasteiger partial charge on any atom is 0.294 e. The molecule has 37 heavy (non-hydrogen) atoms. The van der Waals surface area contributed by atoms with E-state index in [1.807, 2.05) is 0 Å². The molecule has 0 saturated heterocycles. The van der Waals surface area contributed by atoms with Crippen LogP contribution in [0.2, 0.25) is 0 Å². The Hall–Kier alpha value is -5.54. The smallest absolute Gasteiger partial charge is 0.294 e. The lowest BCUT2D eigenvalue weighted by atomic mass is 10.1. The molecule has 0 aliphatic rings. The number of nitrogens with zero attached hydrogens (tertiary/aromatic N) is 7. The maximum absolute atomic E-state index is 13.0. The van der Waals surface area contributed by atoms with Gasteiger partial charge in [-0.3, -0.25) is 14.9 Å². The van der Waals surface area contributed by atoms with Gasteiger partial charge in [0, 0.05) is 29.3 Å². The number of nitrogens with two attached hydrogens (primary N) is 1. The quantitative estimate of drug-likeness (QED) is 0.187. The fraction of sp³-hybridized carbons (Fsp3) is 0.143. The number of carbonyl (C=O) groups excluding carboxylic acids is 1. The van der Waals surface area contributed by atoms with E-state index in [0.29, 0.717) is 28.4 Å². The van der Waals surface area contributed by atoms with Crippen molar-refractivity contribution < 1.29 is 28.6 Å². The molecule has 0 unspecified atom stereocenters. The number of nitro groups is 1. The number of aromatic nitrogens is 5. The Morgan fingerprint density at radius 2 is 1.78 bits per heavy atom. The maximum atomic E-state index is 13.0. The molecule has 3 N–H and O–H groups in total. The van der Waals surface area contributed by atoms with E-state index in [2.05, 4.69) is 35.8 Å².